The van der Waals surface area contributed by atoms with Crippen LogP contribution in [0.4, 0.5) is 4.39 Å². The van der Waals surface area contributed by atoms with Crippen LogP contribution in [0.15, 0.2) is 35.5 Å². The summed E-state index contributed by atoms with van der Waals surface area (Å²) in [7, 11) is 0. The van der Waals surface area contributed by atoms with Gasteiger partial charge in [-0.2, -0.15) is 0 Å². The molecule has 2 nitrogen and oxygen atoms in total. The van der Waals surface area contributed by atoms with Crippen LogP contribution in [-0.2, 0) is 11.3 Å². The van der Waals surface area contributed by atoms with Crippen LogP contribution in [0, 0.1) is 5.82 Å². The van der Waals surface area contributed by atoms with Gasteiger partial charge in [0.25, 0.3) is 0 Å². The van der Waals surface area contributed by atoms with Gasteiger partial charge in [0.05, 0.1) is 12.9 Å². The number of rotatable bonds is 7. The summed E-state index contributed by atoms with van der Waals surface area (Å²) in [6.45, 7) is 5.40. The highest BCUT2D eigenvalue weighted by Crippen LogP contribution is 2.15. The summed E-state index contributed by atoms with van der Waals surface area (Å²) in [5, 5.41) is 3.15. The molecule has 0 bridgehead atoms. The van der Waals surface area contributed by atoms with Gasteiger partial charge in [0.2, 0.25) is 0 Å². The Balaban J connectivity index is 2.26. The molecule has 0 aliphatic heterocycles. The van der Waals surface area contributed by atoms with Crippen molar-refractivity contribution in [1.29, 1.82) is 0 Å². The highest BCUT2D eigenvalue weighted by Gasteiger charge is 2.01. The standard InChI is InChI=1S/C12H15BrFNO/c1-2-16-7-3-6-15-9-10-8-11(13)4-5-12(10)14/h2,4-5,8,15H,1,3,6-7,9H2. The number of halogens is 2. The molecule has 0 saturated heterocycles. The summed E-state index contributed by atoms with van der Waals surface area (Å²) >= 11 is 3.31. The maximum absolute atomic E-state index is 13.3. The topological polar surface area (TPSA) is 21.3 Å². The molecule has 1 aromatic rings. The molecule has 0 aliphatic rings. The van der Waals surface area contributed by atoms with E-state index in [0.29, 0.717) is 18.7 Å². The molecular weight excluding hydrogens is 273 g/mol. The van der Waals surface area contributed by atoms with Gasteiger partial charge in [-0.15, -0.1) is 0 Å². The summed E-state index contributed by atoms with van der Waals surface area (Å²) in [4.78, 5) is 0. The van der Waals surface area contributed by atoms with Crippen LogP contribution in [-0.4, -0.2) is 13.2 Å². The first-order valence-corrected chi connectivity index (χ1v) is 5.90. The fourth-order valence-corrected chi connectivity index (χ4v) is 1.67. The van der Waals surface area contributed by atoms with Crippen LogP contribution >= 0.6 is 15.9 Å². The second kappa shape index (κ2) is 7.41. The van der Waals surface area contributed by atoms with E-state index in [1.807, 2.05) is 0 Å². The van der Waals surface area contributed by atoms with E-state index in [2.05, 4.69) is 27.8 Å². The SMILES string of the molecule is C=COCCCNCc1cc(Br)ccc1F. The average Bonchev–Trinajstić information content (AvgIpc) is 2.28. The predicted molar refractivity (Wildman–Crippen MR) is 66.6 cm³/mol. The summed E-state index contributed by atoms with van der Waals surface area (Å²) in [6.07, 6.45) is 2.30. The lowest BCUT2D eigenvalue weighted by Crippen LogP contribution is -2.16. The first-order chi connectivity index (χ1) is 7.74. The molecule has 1 rings (SSSR count). The van der Waals surface area contributed by atoms with Crippen molar-refractivity contribution in [3.8, 4) is 0 Å². The Morgan fingerprint density at radius 1 is 1.50 bits per heavy atom. The lowest BCUT2D eigenvalue weighted by atomic mass is 10.2. The van der Waals surface area contributed by atoms with Crippen molar-refractivity contribution in [2.24, 2.45) is 0 Å². The Hall–Kier alpha value is -0.870. The molecule has 1 N–H and O–H groups in total. The summed E-state index contributed by atoms with van der Waals surface area (Å²) < 4.78 is 19.2. The third-order valence-corrected chi connectivity index (χ3v) is 2.55. The number of hydrogen-bond acceptors (Lipinski definition) is 2. The van der Waals surface area contributed by atoms with Gasteiger partial charge in [-0.05, 0) is 31.2 Å². The average molecular weight is 288 g/mol. The minimum Gasteiger partial charge on any atom is -0.502 e. The zero-order valence-corrected chi connectivity index (χ0v) is 10.6. The lowest BCUT2D eigenvalue weighted by Gasteiger charge is -2.06. The van der Waals surface area contributed by atoms with Crippen molar-refractivity contribution in [3.63, 3.8) is 0 Å². The van der Waals surface area contributed by atoms with Crippen molar-refractivity contribution in [3.05, 3.63) is 46.9 Å². The molecule has 0 aromatic heterocycles. The predicted octanol–water partition coefficient (Wildman–Crippen LogP) is 3.23. The maximum Gasteiger partial charge on any atom is 0.127 e. The molecule has 0 saturated carbocycles. The van der Waals surface area contributed by atoms with E-state index in [1.165, 1.54) is 12.3 Å². The monoisotopic (exact) mass is 287 g/mol. The molecular formula is C12H15BrFNO. The Bertz CT molecular complexity index is 344. The van der Waals surface area contributed by atoms with Crippen LogP contribution < -0.4 is 5.32 Å². The van der Waals surface area contributed by atoms with Gasteiger partial charge in [-0.3, -0.25) is 0 Å². The largest absolute Gasteiger partial charge is 0.502 e. The molecule has 1 aromatic carbocycles. The Kier molecular flexibility index (Phi) is 6.11. The van der Waals surface area contributed by atoms with Gasteiger partial charge in [-0.25, -0.2) is 4.39 Å². The minimum atomic E-state index is -0.182. The molecule has 0 aliphatic carbocycles. The molecule has 0 atom stereocenters. The third kappa shape index (κ3) is 4.77. The van der Waals surface area contributed by atoms with E-state index in [0.717, 1.165) is 17.4 Å². The molecule has 16 heavy (non-hydrogen) atoms. The van der Waals surface area contributed by atoms with E-state index >= 15 is 0 Å². The second-order valence-corrected chi connectivity index (χ2v) is 4.22. The summed E-state index contributed by atoms with van der Waals surface area (Å²) in [5.74, 6) is -0.182. The number of hydrogen-bond donors (Lipinski definition) is 1. The molecule has 0 spiro atoms. The first-order valence-electron chi connectivity index (χ1n) is 5.11. The van der Waals surface area contributed by atoms with E-state index < -0.39 is 0 Å². The van der Waals surface area contributed by atoms with Gasteiger partial charge < -0.3 is 10.1 Å². The summed E-state index contributed by atoms with van der Waals surface area (Å²) in [6, 6.07) is 4.93. The highest BCUT2D eigenvalue weighted by atomic mass is 79.9. The van der Waals surface area contributed by atoms with Gasteiger partial charge in [0.1, 0.15) is 5.82 Å². The fraction of sp³-hybridized carbons (Fsp3) is 0.333. The van der Waals surface area contributed by atoms with E-state index in [1.54, 1.807) is 12.1 Å². The van der Waals surface area contributed by atoms with Crippen molar-refractivity contribution >= 4 is 15.9 Å². The zero-order chi connectivity index (χ0) is 11.8. The number of ether oxygens (including phenoxy) is 1. The van der Waals surface area contributed by atoms with Crippen molar-refractivity contribution in [2.75, 3.05) is 13.2 Å². The van der Waals surface area contributed by atoms with E-state index in [9.17, 15) is 4.39 Å². The molecule has 4 heteroatoms. The number of benzene rings is 1. The van der Waals surface area contributed by atoms with Crippen LogP contribution in [0.3, 0.4) is 0 Å². The summed E-state index contributed by atoms with van der Waals surface area (Å²) in [5.41, 5.74) is 0.666. The fourth-order valence-electron chi connectivity index (χ4n) is 1.27. The quantitative estimate of drug-likeness (QED) is 0.614. The second-order valence-electron chi connectivity index (χ2n) is 3.30. The Morgan fingerprint density at radius 2 is 2.31 bits per heavy atom. The molecule has 0 amide bonds. The van der Waals surface area contributed by atoms with Gasteiger partial charge in [-0.1, -0.05) is 22.5 Å². The van der Waals surface area contributed by atoms with Crippen molar-refractivity contribution in [2.45, 2.75) is 13.0 Å². The van der Waals surface area contributed by atoms with E-state index in [4.69, 9.17) is 4.74 Å². The normalized spacial score (nSPS) is 10.1. The van der Waals surface area contributed by atoms with Crippen LogP contribution in [0.25, 0.3) is 0 Å². The van der Waals surface area contributed by atoms with Crippen molar-refractivity contribution < 1.29 is 9.13 Å². The highest BCUT2D eigenvalue weighted by molar-refractivity contribution is 9.10. The van der Waals surface area contributed by atoms with Gasteiger partial charge in [0, 0.05) is 16.6 Å². The lowest BCUT2D eigenvalue weighted by molar-refractivity contribution is 0.244. The van der Waals surface area contributed by atoms with Gasteiger partial charge >= 0.3 is 0 Å². The molecule has 0 unspecified atom stereocenters. The smallest absolute Gasteiger partial charge is 0.127 e. The Morgan fingerprint density at radius 3 is 3.06 bits per heavy atom. The third-order valence-electron chi connectivity index (χ3n) is 2.06. The first kappa shape index (κ1) is 13.2. The van der Waals surface area contributed by atoms with Crippen LogP contribution in [0.5, 0.6) is 0 Å². The molecule has 0 heterocycles. The van der Waals surface area contributed by atoms with Crippen LogP contribution in [0.1, 0.15) is 12.0 Å². The molecule has 0 radical (unpaired) electrons. The molecule has 0 fully saturated rings. The molecule has 88 valence electrons. The van der Waals surface area contributed by atoms with Crippen molar-refractivity contribution in [1.82, 2.24) is 5.32 Å². The minimum absolute atomic E-state index is 0.182. The van der Waals surface area contributed by atoms with Crippen LogP contribution in [0.2, 0.25) is 0 Å². The Labute approximate surface area is 104 Å². The zero-order valence-electron chi connectivity index (χ0n) is 9.01. The number of nitrogens with one attached hydrogen (secondary N) is 1. The maximum atomic E-state index is 13.3. The van der Waals surface area contributed by atoms with E-state index in [-0.39, 0.29) is 5.82 Å². The van der Waals surface area contributed by atoms with Gasteiger partial charge in [0.15, 0.2) is 0 Å².